The number of hydrogen-bond acceptors (Lipinski definition) is 4. The minimum atomic E-state index is -0.336. The first kappa shape index (κ1) is 12.6. The molecular weight excluding hydrogens is 242 g/mol. The molecule has 19 heavy (non-hydrogen) atoms. The minimum absolute atomic E-state index is 0.230. The summed E-state index contributed by atoms with van der Waals surface area (Å²) in [6.45, 7) is 0. The molecule has 0 spiro atoms. The Labute approximate surface area is 110 Å². The molecule has 0 atom stereocenters. The van der Waals surface area contributed by atoms with E-state index in [2.05, 4.69) is 15.3 Å². The van der Waals surface area contributed by atoms with E-state index < -0.39 is 0 Å². The highest BCUT2D eigenvalue weighted by atomic mass is 16.1. The van der Waals surface area contributed by atoms with Crippen molar-refractivity contribution in [1.29, 1.82) is 0 Å². The van der Waals surface area contributed by atoms with Crippen LogP contribution >= 0.6 is 0 Å². The Bertz CT molecular complexity index is 609. The van der Waals surface area contributed by atoms with Gasteiger partial charge in [-0.3, -0.25) is 14.9 Å². The molecule has 0 unspecified atom stereocenters. The molecule has 1 heterocycles. The standard InChI is InChI=1S/C14H10N3O2/c18-10-3-6-11-5-1-2-7-12(11)13(19)17-14-15-8-4-9-16-14/h1-9H,(H,15,16,17,19)/b6-3+. The molecule has 0 aliphatic carbocycles. The van der Waals surface area contributed by atoms with Gasteiger partial charge in [-0.25, -0.2) is 9.97 Å². The van der Waals surface area contributed by atoms with Crippen LogP contribution in [0.2, 0.25) is 0 Å². The molecule has 0 aliphatic heterocycles. The Kier molecular flexibility index (Phi) is 4.12. The van der Waals surface area contributed by atoms with Crippen molar-refractivity contribution in [1.82, 2.24) is 9.97 Å². The highest BCUT2D eigenvalue weighted by molar-refractivity contribution is 6.06. The fourth-order valence-corrected chi connectivity index (χ4v) is 1.51. The first-order valence-corrected chi connectivity index (χ1v) is 5.53. The van der Waals surface area contributed by atoms with Gasteiger partial charge in [0.25, 0.3) is 5.91 Å². The summed E-state index contributed by atoms with van der Waals surface area (Å²) in [6.07, 6.45) is 7.46. The highest BCUT2D eigenvalue weighted by Crippen LogP contribution is 2.12. The van der Waals surface area contributed by atoms with Gasteiger partial charge in [0.15, 0.2) is 0 Å². The molecule has 0 saturated heterocycles. The van der Waals surface area contributed by atoms with Gasteiger partial charge in [0.2, 0.25) is 12.2 Å². The summed E-state index contributed by atoms with van der Waals surface area (Å²) in [7, 11) is 0. The zero-order valence-electron chi connectivity index (χ0n) is 9.91. The van der Waals surface area contributed by atoms with Crippen molar-refractivity contribution in [2.45, 2.75) is 0 Å². The van der Waals surface area contributed by atoms with Crippen LogP contribution in [0.1, 0.15) is 15.9 Å². The second-order valence-corrected chi connectivity index (χ2v) is 3.56. The summed E-state index contributed by atoms with van der Waals surface area (Å²) in [6, 6.07) is 8.56. The van der Waals surface area contributed by atoms with Crippen molar-refractivity contribution in [3.63, 3.8) is 0 Å². The van der Waals surface area contributed by atoms with Crippen LogP contribution in [-0.2, 0) is 4.79 Å². The van der Waals surface area contributed by atoms with Crippen molar-refractivity contribution >= 4 is 24.2 Å². The summed E-state index contributed by atoms with van der Waals surface area (Å²) in [4.78, 5) is 30.1. The lowest BCUT2D eigenvalue weighted by Crippen LogP contribution is -2.15. The number of benzene rings is 1. The van der Waals surface area contributed by atoms with Crippen LogP contribution in [0.4, 0.5) is 5.95 Å². The Morgan fingerprint density at radius 3 is 2.63 bits per heavy atom. The number of nitrogens with one attached hydrogen (secondary N) is 1. The molecule has 0 aliphatic rings. The van der Waals surface area contributed by atoms with Crippen LogP contribution in [0.15, 0.2) is 48.8 Å². The van der Waals surface area contributed by atoms with Gasteiger partial charge < -0.3 is 0 Å². The molecule has 1 radical (unpaired) electrons. The van der Waals surface area contributed by atoms with E-state index in [1.54, 1.807) is 36.6 Å². The van der Waals surface area contributed by atoms with Gasteiger partial charge in [0.1, 0.15) is 0 Å². The first-order valence-electron chi connectivity index (χ1n) is 5.53. The third-order valence-corrected chi connectivity index (χ3v) is 2.33. The molecule has 1 amide bonds. The zero-order valence-corrected chi connectivity index (χ0v) is 9.91. The van der Waals surface area contributed by atoms with Crippen molar-refractivity contribution in [2.24, 2.45) is 0 Å². The molecule has 93 valence electrons. The summed E-state index contributed by atoms with van der Waals surface area (Å²) in [5.74, 6) is -0.106. The Balaban J connectivity index is 2.24. The van der Waals surface area contributed by atoms with Gasteiger partial charge in [-0.05, 0) is 23.8 Å². The summed E-state index contributed by atoms with van der Waals surface area (Å²) >= 11 is 0. The Morgan fingerprint density at radius 1 is 1.16 bits per heavy atom. The molecule has 2 rings (SSSR count). The number of rotatable bonds is 4. The quantitative estimate of drug-likeness (QED) is 0.843. The second-order valence-electron chi connectivity index (χ2n) is 3.56. The molecule has 2 aromatic rings. The Hall–Kier alpha value is -2.82. The SMILES string of the molecule is O=[C]/C=C/c1ccccc1C(=O)Nc1ncccn1. The highest BCUT2D eigenvalue weighted by Gasteiger charge is 2.10. The lowest BCUT2D eigenvalue weighted by atomic mass is 10.1. The van der Waals surface area contributed by atoms with Crippen LogP contribution in [0.3, 0.4) is 0 Å². The van der Waals surface area contributed by atoms with Crippen LogP contribution in [0.5, 0.6) is 0 Å². The summed E-state index contributed by atoms with van der Waals surface area (Å²) in [5, 5.41) is 2.58. The van der Waals surface area contributed by atoms with E-state index >= 15 is 0 Å². The zero-order chi connectivity index (χ0) is 13.5. The molecule has 0 fully saturated rings. The van der Waals surface area contributed by atoms with Crippen LogP contribution < -0.4 is 5.32 Å². The van der Waals surface area contributed by atoms with Crippen LogP contribution in [0.25, 0.3) is 6.08 Å². The van der Waals surface area contributed by atoms with Crippen molar-refractivity contribution < 1.29 is 9.59 Å². The fourth-order valence-electron chi connectivity index (χ4n) is 1.51. The first-order chi connectivity index (χ1) is 9.31. The number of nitrogens with zero attached hydrogens (tertiary/aromatic N) is 2. The molecule has 5 nitrogen and oxygen atoms in total. The average molecular weight is 252 g/mol. The summed E-state index contributed by atoms with van der Waals surface area (Å²) in [5.41, 5.74) is 1.06. The van der Waals surface area contributed by atoms with E-state index in [4.69, 9.17) is 0 Å². The van der Waals surface area contributed by atoms with Crippen molar-refractivity contribution in [2.75, 3.05) is 5.32 Å². The van der Waals surface area contributed by atoms with E-state index in [-0.39, 0.29) is 11.9 Å². The van der Waals surface area contributed by atoms with Gasteiger partial charge in [-0.2, -0.15) is 0 Å². The smallest absolute Gasteiger partial charge is 0.258 e. The minimum Gasteiger partial charge on any atom is -0.290 e. The van der Waals surface area contributed by atoms with Gasteiger partial charge in [-0.1, -0.05) is 24.3 Å². The number of allylic oxidation sites excluding steroid dienone is 1. The molecule has 1 aromatic carbocycles. The molecule has 1 N–H and O–H groups in total. The van der Waals surface area contributed by atoms with E-state index in [0.717, 1.165) is 0 Å². The molecule has 5 heteroatoms. The Morgan fingerprint density at radius 2 is 1.89 bits per heavy atom. The third-order valence-electron chi connectivity index (χ3n) is 2.33. The van der Waals surface area contributed by atoms with Crippen molar-refractivity contribution in [3.8, 4) is 0 Å². The summed E-state index contributed by atoms with van der Waals surface area (Å²) < 4.78 is 0. The van der Waals surface area contributed by atoms with Gasteiger partial charge in [0, 0.05) is 18.0 Å². The second kappa shape index (κ2) is 6.20. The number of carbonyl (C=O) groups is 1. The topological polar surface area (TPSA) is 72.0 Å². The van der Waals surface area contributed by atoms with E-state index in [1.165, 1.54) is 24.5 Å². The van der Waals surface area contributed by atoms with E-state index in [1.807, 2.05) is 0 Å². The van der Waals surface area contributed by atoms with Gasteiger partial charge >= 0.3 is 0 Å². The number of amides is 1. The van der Waals surface area contributed by atoms with E-state index in [0.29, 0.717) is 11.1 Å². The predicted octanol–water partition coefficient (Wildman–Crippen LogP) is 1.85. The molecule has 0 bridgehead atoms. The molecule has 0 saturated carbocycles. The maximum atomic E-state index is 12.1. The van der Waals surface area contributed by atoms with Crippen LogP contribution in [0, 0.1) is 0 Å². The molecular formula is C14H10N3O2. The maximum absolute atomic E-state index is 12.1. The average Bonchev–Trinajstić information content (AvgIpc) is 2.46. The van der Waals surface area contributed by atoms with E-state index in [9.17, 15) is 9.59 Å². The lowest BCUT2D eigenvalue weighted by Gasteiger charge is -2.05. The number of hydrogen-bond donors (Lipinski definition) is 1. The van der Waals surface area contributed by atoms with Crippen molar-refractivity contribution in [3.05, 3.63) is 59.9 Å². The van der Waals surface area contributed by atoms with Crippen LogP contribution in [-0.4, -0.2) is 22.2 Å². The number of aromatic nitrogens is 2. The lowest BCUT2D eigenvalue weighted by molar-refractivity contribution is 0.102. The van der Waals surface area contributed by atoms with Gasteiger partial charge in [-0.15, -0.1) is 0 Å². The monoisotopic (exact) mass is 252 g/mol. The normalized spacial score (nSPS) is 10.3. The van der Waals surface area contributed by atoms with Gasteiger partial charge in [0.05, 0.1) is 0 Å². The largest absolute Gasteiger partial charge is 0.290 e. The fraction of sp³-hybridized carbons (Fsp3) is 0. The third kappa shape index (κ3) is 3.32. The predicted molar refractivity (Wildman–Crippen MR) is 71.2 cm³/mol. The number of carbonyl (C=O) groups excluding carboxylic acids is 2. The maximum Gasteiger partial charge on any atom is 0.258 e. The molecule has 1 aromatic heterocycles. The number of anilines is 1.